The van der Waals surface area contributed by atoms with Gasteiger partial charge in [-0.1, -0.05) is 49.7 Å². The Labute approximate surface area is 196 Å². The summed E-state index contributed by atoms with van der Waals surface area (Å²) in [6.45, 7) is 3.11. The number of unbranched alkanes of at least 4 members (excludes halogenated alkanes) is 1. The first kappa shape index (κ1) is 24.2. The Morgan fingerprint density at radius 1 is 0.848 bits per heavy atom. The number of benzene rings is 2. The lowest BCUT2D eigenvalue weighted by molar-refractivity contribution is -0.217. The quantitative estimate of drug-likeness (QED) is 0.401. The van der Waals surface area contributed by atoms with E-state index in [1.54, 1.807) is 12.1 Å². The molecule has 0 spiro atoms. The van der Waals surface area contributed by atoms with Gasteiger partial charge in [0.05, 0.1) is 13.2 Å². The summed E-state index contributed by atoms with van der Waals surface area (Å²) in [6.07, 6.45) is 5.40. The third kappa shape index (κ3) is 6.77. The first-order valence-electron chi connectivity index (χ1n) is 12.4. The van der Waals surface area contributed by atoms with Gasteiger partial charge in [-0.2, -0.15) is 0 Å². The third-order valence-corrected chi connectivity index (χ3v) is 7.08. The van der Waals surface area contributed by atoms with Crippen LogP contribution in [-0.2, 0) is 15.9 Å². The molecule has 1 aliphatic heterocycles. The fourth-order valence-electron chi connectivity index (χ4n) is 5.04. The van der Waals surface area contributed by atoms with Crippen molar-refractivity contribution in [3.05, 3.63) is 65.2 Å². The molecular formula is C28H36F2O3. The van der Waals surface area contributed by atoms with E-state index in [4.69, 9.17) is 14.2 Å². The van der Waals surface area contributed by atoms with Crippen molar-refractivity contribution < 1.29 is 23.0 Å². The Morgan fingerprint density at radius 2 is 1.45 bits per heavy atom. The number of aryl methyl sites for hydroxylation is 1. The predicted molar refractivity (Wildman–Crippen MR) is 126 cm³/mol. The summed E-state index contributed by atoms with van der Waals surface area (Å²) in [6, 6.07) is 16.6. The number of alkyl halides is 2. The van der Waals surface area contributed by atoms with Gasteiger partial charge in [-0.25, -0.2) is 8.78 Å². The molecule has 0 radical (unpaired) electrons. The van der Waals surface area contributed by atoms with Crippen LogP contribution in [0.15, 0.2) is 48.5 Å². The van der Waals surface area contributed by atoms with E-state index in [2.05, 4.69) is 31.2 Å². The van der Waals surface area contributed by atoms with E-state index >= 15 is 0 Å². The monoisotopic (exact) mass is 458 g/mol. The average Bonchev–Trinajstić information content (AvgIpc) is 2.87. The van der Waals surface area contributed by atoms with Crippen LogP contribution in [0.3, 0.4) is 0 Å². The van der Waals surface area contributed by atoms with Crippen molar-refractivity contribution in [1.82, 2.24) is 0 Å². The topological polar surface area (TPSA) is 27.7 Å². The summed E-state index contributed by atoms with van der Waals surface area (Å²) in [5.41, 5.74) is 3.97. The number of halogens is 2. The second-order valence-corrected chi connectivity index (χ2v) is 9.46. The maximum atomic E-state index is 12.3. The second kappa shape index (κ2) is 11.9. The van der Waals surface area contributed by atoms with Gasteiger partial charge in [-0.3, -0.25) is 0 Å². The van der Waals surface area contributed by atoms with E-state index in [0.717, 1.165) is 45.3 Å². The second-order valence-electron chi connectivity index (χ2n) is 9.46. The molecule has 180 valence electrons. The van der Waals surface area contributed by atoms with Crippen molar-refractivity contribution in [3.63, 3.8) is 0 Å². The van der Waals surface area contributed by atoms with Crippen LogP contribution < -0.4 is 4.74 Å². The highest BCUT2D eigenvalue weighted by molar-refractivity contribution is 5.30. The van der Waals surface area contributed by atoms with Gasteiger partial charge in [-0.05, 0) is 73.3 Å². The highest BCUT2D eigenvalue weighted by Crippen LogP contribution is 2.39. The minimum absolute atomic E-state index is 0.101. The third-order valence-electron chi connectivity index (χ3n) is 7.08. The zero-order valence-electron chi connectivity index (χ0n) is 19.6. The zero-order valence-corrected chi connectivity index (χ0v) is 19.6. The summed E-state index contributed by atoms with van der Waals surface area (Å²) in [7, 11) is 0. The highest BCUT2D eigenvalue weighted by atomic mass is 19.3. The Morgan fingerprint density at radius 3 is 2.06 bits per heavy atom. The van der Waals surface area contributed by atoms with Crippen LogP contribution in [0.5, 0.6) is 5.75 Å². The van der Waals surface area contributed by atoms with Crippen LogP contribution in [-0.4, -0.2) is 32.5 Å². The van der Waals surface area contributed by atoms with E-state index in [1.807, 2.05) is 12.1 Å². The standard InChI is InChI=1S/C28H36F2O3/c1-2-3-4-20-5-7-23(8-6-20)25-17-32-28(33-18-25)24-11-9-21(10-12-24)22-13-15-26(16-14-22)31-19-27(29)30/h5-8,13-16,21,24-25,27-28H,2-4,9-12,17-19H2,1H3. The van der Waals surface area contributed by atoms with E-state index in [9.17, 15) is 8.78 Å². The van der Waals surface area contributed by atoms with Crippen molar-refractivity contribution >= 4 is 0 Å². The molecule has 0 N–H and O–H groups in total. The van der Waals surface area contributed by atoms with Crippen LogP contribution in [0.25, 0.3) is 0 Å². The van der Waals surface area contributed by atoms with Crippen LogP contribution in [0.2, 0.25) is 0 Å². The van der Waals surface area contributed by atoms with E-state index in [-0.39, 0.29) is 6.29 Å². The molecule has 3 nitrogen and oxygen atoms in total. The molecule has 2 aliphatic rings. The molecule has 1 saturated carbocycles. The SMILES string of the molecule is CCCCc1ccc(C2COC(C3CCC(c4ccc(OCC(F)F)cc4)CC3)OC2)cc1. The number of rotatable bonds is 9. The fraction of sp³-hybridized carbons (Fsp3) is 0.571. The largest absolute Gasteiger partial charge is 0.488 e. The maximum absolute atomic E-state index is 12.3. The molecule has 1 aliphatic carbocycles. The van der Waals surface area contributed by atoms with Crippen LogP contribution in [0.4, 0.5) is 8.78 Å². The molecular weight excluding hydrogens is 422 g/mol. The van der Waals surface area contributed by atoms with Crippen LogP contribution in [0, 0.1) is 5.92 Å². The normalized spacial score (nSPS) is 25.8. The highest BCUT2D eigenvalue weighted by Gasteiger charge is 2.33. The molecule has 0 unspecified atom stereocenters. The van der Waals surface area contributed by atoms with Gasteiger partial charge in [0.1, 0.15) is 12.4 Å². The summed E-state index contributed by atoms with van der Waals surface area (Å²) in [5, 5.41) is 0. The molecule has 0 bridgehead atoms. The first-order chi connectivity index (χ1) is 16.1. The van der Waals surface area contributed by atoms with Gasteiger partial charge in [0.15, 0.2) is 6.29 Å². The van der Waals surface area contributed by atoms with Crippen molar-refractivity contribution in [3.8, 4) is 5.75 Å². The summed E-state index contributed by atoms with van der Waals surface area (Å²) < 4.78 is 42.0. The molecule has 2 fully saturated rings. The lowest BCUT2D eigenvalue weighted by Crippen LogP contribution is -2.37. The zero-order chi connectivity index (χ0) is 23.0. The average molecular weight is 459 g/mol. The first-order valence-corrected chi connectivity index (χ1v) is 12.4. The molecule has 0 amide bonds. The van der Waals surface area contributed by atoms with E-state index in [0.29, 0.717) is 23.5 Å². The van der Waals surface area contributed by atoms with Gasteiger partial charge in [0, 0.05) is 11.8 Å². The Kier molecular flexibility index (Phi) is 8.74. The summed E-state index contributed by atoms with van der Waals surface area (Å²) >= 11 is 0. The number of ether oxygens (including phenoxy) is 3. The lowest BCUT2D eigenvalue weighted by Gasteiger charge is -2.38. The van der Waals surface area contributed by atoms with Crippen molar-refractivity contribution in [2.75, 3.05) is 19.8 Å². The Hall–Kier alpha value is -1.98. The Balaban J connectivity index is 1.21. The van der Waals surface area contributed by atoms with Crippen molar-refractivity contribution in [1.29, 1.82) is 0 Å². The van der Waals surface area contributed by atoms with E-state index < -0.39 is 13.0 Å². The molecule has 0 atom stereocenters. The van der Waals surface area contributed by atoms with Crippen molar-refractivity contribution in [2.45, 2.75) is 76.4 Å². The number of hydrogen-bond donors (Lipinski definition) is 0. The maximum Gasteiger partial charge on any atom is 0.272 e. The minimum atomic E-state index is -2.45. The molecule has 2 aromatic carbocycles. The molecule has 5 heteroatoms. The number of hydrogen-bond acceptors (Lipinski definition) is 3. The van der Waals surface area contributed by atoms with E-state index in [1.165, 1.54) is 29.5 Å². The van der Waals surface area contributed by atoms with Gasteiger partial charge >= 0.3 is 0 Å². The summed E-state index contributed by atoms with van der Waals surface area (Å²) in [5.74, 6) is 1.74. The summed E-state index contributed by atoms with van der Waals surface area (Å²) in [4.78, 5) is 0. The molecule has 1 heterocycles. The van der Waals surface area contributed by atoms with Gasteiger partial charge < -0.3 is 14.2 Å². The molecule has 4 rings (SSSR count). The predicted octanol–water partition coefficient (Wildman–Crippen LogP) is 7.10. The van der Waals surface area contributed by atoms with Gasteiger partial charge in [0.25, 0.3) is 6.43 Å². The van der Waals surface area contributed by atoms with Crippen LogP contribution >= 0.6 is 0 Å². The van der Waals surface area contributed by atoms with Gasteiger partial charge in [-0.15, -0.1) is 0 Å². The van der Waals surface area contributed by atoms with Crippen molar-refractivity contribution in [2.24, 2.45) is 5.92 Å². The Bertz CT molecular complexity index is 821. The van der Waals surface area contributed by atoms with Crippen LogP contribution in [0.1, 0.15) is 74.0 Å². The molecule has 33 heavy (non-hydrogen) atoms. The molecule has 2 aromatic rings. The molecule has 1 saturated heterocycles. The lowest BCUT2D eigenvalue weighted by atomic mass is 9.78. The van der Waals surface area contributed by atoms with Gasteiger partial charge in [0.2, 0.25) is 0 Å². The fourth-order valence-corrected chi connectivity index (χ4v) is 5.04. The molecule has 0 aromatic heterocycles. The smallest absolute Gasteiger partial charge is 0.272 e. The minimum Gasteiger partial charge on any atom is -0.488 e.